The van der Waals surface area contributed by atoms with Crippen molar-refractivity contribution in [3.8, 4) is 0 Å². The maximum atomic E-state index is 11.2. The second-order valence-corrected chi connectivity index (χ2v) is 8.70. The maximum Gasteiger partial charge on any atom is 0.0726 e. The number of rotatable bonds is 1. The molecule has 1 N–H and O–H groups in total. The highest BCUT2D eigenvalue weighted by Crippen LogP contribution is 2.47. The predicted octanol–water partition coefficient (Wildman–Crippen LogP) is 3.00. The highest BCUT2D eigenvalue weighted by molar-refractivity contribution is 7.99. The molecule has 3 heterocycles. The monoisotopic (exact) mass is 300 g/mol. The molecular weight excluding hydrogens is 272 g/mol. The van der Waals surface area contributed by atoms with Crippen LogP contribution in [0.2, 0.25) is 0 Å². The molecule has 3 nitrogen and oxygen atoms in total. The molecule has 0 saturated carbocycles. The Morgan fingerprint density at radius 1 is 1.05 bits per heavy atom. The van der Waals surface area contributed by atoms with Crippen LogP contribution in [0.5, 0.6) is 0 Å². The Hall–Kier alpha value is 0.230. The first kappa shape index (κ1) is 15.1. The first-order valence-electron chi connectivity index (χ1n) is 8.01. The lowest BCUT2D eigenvalue weighted by Crippen LogP contribution is -2.55. The molecule has 0 radical (unpaired) electrons. The third-order valence-corrected chi connectivity index (χ3v) is 6.40. The van der Waals surface area contributed by atoms with Gasteiger partial charge in [-0.25, -0.2) is 0 Å². The van der Waals surface area contributed by atoms with Crippen LogP contribution in [0.1, 0.15) is 52.4 Å². The lowest BCUT2D eigenvalue weighted by molar-refractivity contribution is -0.199. The minimum Gasteiger partial charge on any atom is -0.389 e. The predicted molar refractivity (Wildman–Crippen MR) is 82.2 cm³/mol. The van der Waals surface area contributed by atoms with Gasteiger partial charge >= 0.3 is 0 Å². The van der Waals surface area contributed by atoms with Gasteiger partial charge in [-0.1, -0.05) is 0 Å². The third kappa shape index (κ3) is 3.03. The molecule has 2 atom stereocenters. The van der Waals surface area contributed by atoms with E-state index in [4.69, 9.17) is 9.47 Å². The van der Waals surface area contributed by atoms with Crippen molar-refractivity contribution in [3.63, 3.8) is 0 Å². The molecule has 0 aromatic heterocycles. The minimum atomic E-state index is -0.552. The van der Waals surface area contributed by atoms with Crippen molar-refractivity contribution in [2.24, 2.45) is 5.92 Å². The largest absolute Gasteiger partial charge is 0.389 e. The molecule has 0 aromatic carbocycles. The van der Waals surface area contributed by atoms with Crippen molar-refractivity contribution in [1.82, 2.24) is 0 Å². The molecule has 0 aromatic rings. The fourth-order valence-electron chi connectivity index (χ4n) is 4.31. The Labute approximate surface area is 126 Å². The number of hydrogen-bond donors (Lipinski definition) is 1. The van der Waals surface area contributed by atoms with Crippen LogP contribution < -0.4 is 0 Å². The Morgan fingerprint density at radius 3 is 2.50 bits per heavy atom. The van der Waals surface area contributed by atoms with E-state index in [0.717, 1.165) is 45.1 Å². The molecule has 1 spiro atoms. The highest BCUT2D eigenvalue weighted by Gasteiger charge is 2.49. The first-order valence-corrected chi connectivity index (χ1v) is 9.17. The second kappa shape index (κ2) is 5.45. The van der Waals surface area contributed by atoms with Gasteiger partial charge in [-0.15, -0.1) is 0 Å². The van der Waals surface area contributed by atoms with Gasteiger partial charge in [0.1, 0.15) is 0 Å². The van der Waals surface area contributed by atoms with Crippen molar-refractivity contribution in [2.75, 3.05) is 24.7 Å². The van der Waals surface area contributed by atoms with Crippen LogP contribution in [-0.2, 0) is 9.47 Å². The Bertz CT molecular complexity index is 346. The van der Waals surface area contributed by atoms with Gasteiger partial charge in [0.25, 0.3) is 0 Å². The van der Waals surface area contributed by atoms with Crippen LogP contribution in [0.3, 0.4) is 0 Å². The summed E-state index contributed by atoms with van der Waals surface area (Å²) in [5, 5.41) is 11.2. The molecular formula is C16H28O3S. The number of thioether (sulfide) groups is 1. The maximum absolute atomic E-state index is 11.2. The van der Waals surface area contributed by atoms with E-state index in [1.165, 1.54) is 11.5 Å². The van der Waals surface area contributed by atoms with Gasteiger partial charge in [-0.2, -0.15) is 11.8 Å². The van der Waals surface area contributed by atoms with Gasteiger partial charge in [0, 0.05) is 13.0 Å². The lowest BCUT2D eigenvalue weighted by Gasteiger charge is -2.51. The van der Waals surface area contributed by atoms with Crippen LogP contribution in [0.4, 0.5) is 0 Å². The van der Waals surface area contributed by atoms with E-state index in [0.29, 0.717) is 12.5 Å². The normalized spacial score (nSPS) is 40.6. The van der Waals surface area contributed by atoms with E-state index in [9.17, 15) is 5.11 Å². The summed E-state index contributed by atoms with van der Waals surface area (Å²) < 4.78 is 12.0. The van der Waals surface area contributed by atoms with E-state index >= 15 is 0 Å². The fraction of sp³-hybridized carbons (Fsp3) is 1.00. The SMILES string of the molecule is CC1(C)CC(O)(C2CCOC3(CCSCC3)C2)CCO1. The van der Waals surface area contributed by atoms with Gasteiger partial charge in [-0.3, -0.25) is 0 Å². The standard InChI is InChI=1S/C16H28O3S/c1-14(2)12-16(17,4-8-18-14)13-3-7-19-15(11-13)5-9-20-10-6-15/h13,17H,3-12H2,1-2H3. The van der Waals surface area contributed by atoms with Crippen LogP contribution >= 0.6 is 11.8 Å². The van der Waals surface area contributed by atoms with Crippen molar-refractivity contribution < 1.29 is 14.6 Å². The number of aliphatic hydroxyl groups is 1. The van der Waals surface area contributed by atoms with E-state index in [-0.39, 0.29) is 11.2 Å². The van der Waals surface area contributed by atoms with Gasteiger partial charge in [0.2, 0.25) is 0 Å². The molecule has 3 aliphatic heterocycles. The molecule has 0 aliphatic carbocycles. The minimum absolute atomic E-state index is 0.0618. The van der Waals surface area contributed by atoms with Crippen molar-refractivity contribution in [2.45, 2.75) is 69.2 Å². The fourth-order valence-corrected chi connectivity index (χ4v) is 5.54. The van der Waals surface area contributed by atoms with Crippen molar-refractivity contribution >= 4 is 11.8 Å². The number of ether oxygens (including phenoxy) is 2. The Kier molecular flexibility index (Phi) is 4.13. The van der Waals surface area contributed by atoms with Crippen molar-refractivity contribution in [3.05, 3.63) is 0 Å². The summed E-state index contributed by atoms with van der Waals surface area (Å²) in [4.78, 5) is 0. The lowest BCUT2D eigenvalue weighted by atomic mass is 9.68. The van der Waals surface area contributed by atoms with Crippen LogP contribution in [0.25, 0.3) is 0 Å². The average Bonchev–Trinajstić information content (AvgIpc) is 2.38. The second-order valence-electron chi connectivity index (χ2n) is 7.47. The highest BCUT2D eigenvalue weighted by atomic mass is 32.2. The van der Waals surface area contributed by atoms with Gasteiger partial charge in [-0.05, 0) is 63.4 Å². The molecule has 3 saturated heterocycles. The molecule has 20 heavy (non-hydrogen) atoms. The van der Waals surface area contributed by atoms with Gasteiger partial charge < -0.3 is 14.6 Å². The van der Waals surface area contributed by atoms with E-state index in [1.807, 2.05) is 11.8 Å². The quantitative estimate of drug-likeness (QED) is 0.808. The average molecular weight is 300 g/mol. The Balaban J connectivity index is 1.72. The molecule has 0 bridgehead atoms. The van der Waals surface area contributed by atoms with E-state index in [1.54, 1.807) is 0 Å². The Morgan fingerprint density at radius 2 is 1.80 bits per heavy atom. The summed E-state index contributed by atoms with van der Waals surface area (Å²) >= 11 is 2.04. The zero-order valence-corrected chi connectivity index (χ0v) is 13.6. The summed E-state index contributed by atoms with van der Waals surface area (Å²) in [6.07, 6.45) is 5.90. The van der Waals surface area contributed by atoms with Gasteiger partial charge in [0.05, 0.1) is 23.4 Å². The summed E-state index contributed by atoms with van der Waals surface area (Å²) in [7, 11) is 0. The van der Waals surface area contributed by atoms with E-state index in [2.05, 4.69) is 13.8 Å². The molecule has 2 unspecified atom stereocenters. The van der Waals surface area contributed by atoms with Crippen LogP contribution in [0, 0.1) is 5.92 Å². The van der Waals surface area contributed by atoms with Crippen LogP contribution in [-0.4, -0.2) is 46.6 Å². The zero-order valence-electron chi connectivity index (χ0n) is 12.8. The third-order valence-electron chi connectivity index (χ3n) is 5.42. The smallest absolute Gasteiger partial charge is 0.0726 e. The zero-order chi connectivity index (χ0) is 14.3. The molecule has 0 amide bonds. The van der Waals surface area contributed by atoms with Crippen LogP contribution in [0.15, 0.2) is 0 Å². The van der Waals surface area contributed by atoms with Gasteiger partial charge in [0.15, 0.2) is 0 Å². The molecule has 3 aliphatic rings. The molecule has 4 heteroatoms. The summed E-state index contributed by atoms with van der Waals surface area (Å²) in [6.45, 7) is 5.70. The summed E-state index contributed by atoms with van der Waals surface area (Å²) in [6, 6.07) is 0. The topological polar surface area (TPSA) is 38.7 Å². The molecule has 116 valence electrons. The van der Waals surface area contributed by atoms with Crippen molar-refractivity contribution in [1.29, 1.82) is 0 Å². The summed E-state index contributed by atoms with van der Waals surface area (Å²) in [5.74, 6) is 2.79. The first-order chi connectivity index (χ1) is 9.43. The molecule has 3 fully saturated rings. The summed E-state index contributed by atoms with van der Waals surface area (Å²) in [5.41, 5.74) is -0.684. The number of hydrogen-bond acceptors (Lipinski definition) is 4. The van der Waals surface area contributed by atoms with E-state index < -0.39 is 5.60 Å². The molecule has 3 rings (SSSR count).